The molecule has 4 nitrogen and oxygen atoms in total. The highest BCUT2D eigenvalue weighted by Crippen LogP contribution is 2.25. The Morgan fingerprint density at radius 1 is 1.67 bits per heavy atom. The smallest absolute Gasteiger partial charge is 0.434 e. The molecule has 0 bridgehead atoms. The highest BCUT2D eigenvalue weighted by molar-refractivity contribution is 8.33. The Kier molecular flexibility index (Phi) is 4.10. The number of aliphatic imine (C=N–C) groups is 1. The first kappa shape index (κ1) is 12.4. The summed E-state index contributed by atoms with van der Waals surface area (Å²) in [4.78, 5) is 17.1. The highest BCUT2D eigenvalue weighted by atomic mass is 32.2. The Labute approximate surface area is 99.1 Å². The van der Waals surface area contributed by atoms with Gasteiger partial charge in [0.05, 0.1) is 12.1 Å². The van der Waals surface area contributed by atoms with E-state index in [1.165, 1.54) is 11.8 Å². The van der Waals surface area contributed by atoms with Crippen LogP contribution in [-0.2, 0) is 4.74 Å². The molecule has 1 rings (SSSR count). The third-order valence-corrected chi connectivity index (χ3v) is 3.60. The fourth-order valence-corrected chi connectivity index (χ4v) is 2.35. The molecule has 0 aromatic rings. The molecule has 0 N–H and O–H groups in total. The van der Waals surface area contributed by atoms with Crippen molar-refractivity contribution in [2.24, 2.45) is 4.99 Å². The highest BCUT2D eigenvalue weighted by Gasteiger charge is 2.29. The number of hydrogen-bond donors (Lipinski definition) is 0. The van der Waals surface area contributed by atoms with Crippen LogP contribution in [0.2, 0.25) is 0 Å². The number of ether oxygens (including phenoxy) is 1. The van der Waals surface area contributed by atoms with Crippen LogP contribution in [0.15, 0.2) is 4.99 Å². The Morgan fingerprint density at radius 3 is 2.67 bits per heavy atom. The van der Waals surface area contributed by atoms with E-state index in [0.29, 0.717) is 5.04 Å². The predicted molar refractivity (Wildman–Crippen MR) is 66.5 cm³/mol. The van der Waals surface area contributed by atoms with E-state index in [1.807, 2.05) is 18.9 Å². The molecule has 1 amide bonds. The summed E-state index contributed by atoms with van der Waals surface area (Å²) in [5.74, 6) is 0. The number of rotatable bonds is 1. The molecule has 0 radical (unpaired) electrons. The molecule has 1 heterocycles. The van der Waals surface area contributed by atoms with Crippen LogP contribution in [0.3, 0.4) is 0 Å². The number of thiocarbonyl (C=S) groups is 1. The molecule has 84 valence electrons. The van der Waals surface area contributed by atoms with E-state index >= 15 is 0 Å². The van der Waals surface area contributed by atoms with Crippen LogP contribution >= 0.6 is 24.0 Å². The first-order chi connectivity index (χ1) is 6.91. The zero-order valence-electron chi connectivity index (χ0n) is 9.18. The van der Waals surface area contributed by atoms with Crippen molar-refractivity contribution >= 4 is 39.4 Å². The molecule has 1 atom stereocenters. The lowest BCUT2D eigenvalue weighted by Gasteiger charge is -2.14. The lowest BCUT2D eigenvalue weighted by Crippen LogP contribution is -2.28. The minimum atomic E-state index is -0.544. The lowest BCUT2D eigenvalue weighted by molar-refractivity contribution is 0.126. The molecule has 6 heteroatoms. The number of carbonyl (C=O) groups excluding carboxylic acids is 1. The molecule has 15 heavy (non-hydrogen) atoms. The average molecular weight is 246 g/mol. The van der Waals surface area contributed by atoms with Crippen LogP contribution in [-0.4, -0.2) is 39.6 Å². The van der Waals surface area contributed by atoms with Crippen molar-refractivity contribution in [1.82, 2.24) is 4.90 Å². The molecule has 0 saturated carbocycles. The van der Waals surface area contributed by atoms with Crippen molar-refractivity contribution < 1.29 is 9.53 Å². The van der Waals surface area contributed by atoms with Crippen molar-refractivity contribution in [3.8, 4) is 0 Å². The second kappa shape index (κ2) is 4.94. The topological polar surface area (TPSA) is 41.9 Å². The van der Waals surface area contributed by atoms with Gasteiger partial charge in [-0.3, -0.25) is 0 Å². The lowest BCUT2D eigenvalue weighted by atomic mass is 10.3. The van der Waals surface area contributed by atoms with Crippen molar-refractivity contribution in [2.45, 2.75) is 32.9 Å². The standard InChI is InChI=1S/C9H14N2O2S2/c1-5(2)13-8(12)10-7-6(3)11(4)9(14)15-7/h5-6H,1-4H3. The Hall–Kier alpha value is -0.620. The number of carbonyl (C=O) groups is 1. The maximum absolute atomic E-state index is 11.3. The van der Waals surface area contributed by atoms with Gasteiger partial charge in [0.25, 0.3) is 0 Å². The van der Waals surface area contributed by atoms with Crippen molar-refractivity contribution in [3.63, 3.8) is 0 Å². The Balaban J connectivity index is 2.69. The van der Waals surface area contributed by atoms with Gasteiger partial charge in [0.2, 0.25) is 0 Å². The Bertz CT molecular complexity index is 315. The van der Waals surface area contributed by atoms with Crippen LogP contribution in [0, 0.1) is 0 Å². The second-order valence-electron chi connectivity index (χ2n) is 3.54. The van der Waals surface area contributed by atoms with Gasteiger partial charge in [0.1, 0.15) is 9.36 Å². The molecule has 0 aromatic carbocycles. The van der Waals surface area contributed by atoms with Crippen molar-refractivity contribution in [3.05, 3.63) is 0 Å². The molecular weight excluding hydrogens is 232 g/mol. The maximum atomic E-state index is 11.3. The van der Waals surface area contributed by atoms with Crippen LogP contribution in [0.25, 0.3) is 0 Å². The van der Waals surface area contributed by atoms with Gasteiger partial charge in [-0.15, -0.1) is 0 Å². The summed E-state index contributed by atoms with van der Waals surface area (Å²) < 4.78 is 5.66. The van der Waals surface area contributed by atoms with E-state index in [-0.39, 0.29) is 12.1 Å². The first-order valence-corrected chi connectivity index (χ1v) is 5.88. The molecule has 0 spiro atoms. The molecule has 1 saturated heterocycles. The molecule has 1 unspecified atom stereocenters. The van der Waals surface area contributed by atoms with Gasteiger partial charge >= 0.3 is 6.09 Å². The quantitative estimate of drug-likeness (QED) is 0.664. The normalized spacial score (nSPS) is 24.1. The molecule has 1 aliphatic heterocycles. The monoisotopic (exact) mass is 246 g/mol. The molecule has 0 aromatic heterocycles. The zero-order valence-corrected chi connectivity index (χ0v) is 10.8. The molecule has 1 aliphatic rings. The van der Waals surface area contributed by atoms with Crippen LogP contribution in [0.1, 0.15) is 20.8 Å². The van der Waals surface area contributed by atoms with Gasteiger partial charge in [0.15, 0.2) is 0 Å². The molecule has 0 aliphatic carbocycles. The fourth-order valence-electron chi connectivity index (χ4n) is 1.00. The van der Waals surface area contributed by atoms with E-state index in [1.54, 1.807) is 13.8 Å². The fraction of sp³-hybridized carbons (Fsp3) is 0.667. The SMILES string of the molecule is CC(C)OC(=O)N=C1SC(=S)N(C)C1C. The summed E-state index contributed by atoms with van der Waals surface area (Å²) in [6, 6.07) is 0.0576. The molecular formula is C9H14N2O2S2. The largest absolute Gasteiger partial charge is 0.445 e. The third-order valence-electron chi connectivity index (χ3n) is 1.96. The van der Waals surface area contributed by atoms with Crippen LogP contribution < -0.4 is 0 Å². The third kappa shape index (κ3) is 3.17. The van der Waals surface area contributed by atoms with Gasteiger partial charge < -0.3 is 9.64 Å². The van der Waals surface area contributed by atoms with E-state index in [2.05, 4.69) is 4.99 Å². The van der Waals surface area contributed by atoms with Crippen molar-refractivity contribution in [1.29, 1.82) is 0 Å². The van der Waals surface area contributed by atoms with E-state index in [4.69, 9.17) is 17.0 Å². The van der Waals surface area contributed by atoms with E-state index in [0.717, 1.165) is 4.32 Å². The van der Waals surface area contributed by atoms with Crippen molar-refractivity contribution in [2.75, 3.05) is 7.05 Å². The van der Waals surface area contributed by atoms with E-state index < -0.39 is 6.09 Å². The summed E-state index contributed by atoms with van der Waals surface area (Å²) >= 11 is 6.44. The van der Waals surface area contributed by atoms with E-state index in [9.17, 15) is 4.79 Å². The molecule has 1 fully saturated rings. The predicted octanol–water partition coefficient (Wildman–Crippen LogP) is 2.28. The minimum Gasteiger partial charge on any atom is -0.445 e. The summed E-state index contributed by atoms with van der Waals surface area (Å²) in [7, 11) is 1.89. The van der Waals surface area contributed by atoms with Crippen LogP contribution in [0.4, 0.5) is 4.79 Å². The van der Waals surface area contributed by atoms with Gasteiger partial charge in [-0.25, -0.2) is 4.79 Å². The summed E-state index contributed by atoms with van der Waals surface area (Å²) in [6.07, 6.45) is -0.689. The number of thioether (sulfide) groups is 1. The summed E-state index contributed by atoms with van der Waals surface area (Å²) in [5, 5.41) is 0.702. The first-order valence-electron chi connectivity index (χ1n) is 4.65. The van der Waals surface area contributed by atoms with Gasteiger partial charge in [-0.2, -0.15) is 4.99 Å². The number of amides is 1. The maximum Gasteiger partial charge on any atom is 0.434 e. The number of nitrogens with zero attached hydrogens (tertiary/aromatic N) is 2. The van der Waals surface area contributed by atoms with Gasteiger partial charge in [0, 0.05) is 7.05 Å². The van der Waals surface area contributed by atoms with Gasteiger partial charge in [-0.05, 0) is 32.5 Å². The second-order valence-corrected chi connectivity index (χ2v) is 5.19. The van der Waals surface area contributed by atoms with Crippen LogP contribution in [0.5, 0.6) is 0 Å². The summed E-state index contributed by atoms with van der Waals surface area (Å²) in [6.45, 7) is 5.54. The zero-order chi connectivity index (χ0) is 11.6. The minimum absolute atomic E-state index is 0.0576. The summed E-state index contributed by atoms with van der Waals surface area (Å²) in [5.41, 5.74) is 0. The van der Waals surface area contributed by atoms with Gasteiger partial charge in [-0.1, -0.05) is 12.2 Å². The average Bonchev–Trinajstić information content (AvgIpc) is 2.32. The number of hydrogen-bond acceptors (Lipinski definition) is 4. The Morgan fingerprint density at radius 2 is 2.27 bits per heavy atom.